The number of nitrogens with zero attached hydrogens (tertiary/aromatic N) is 1. The van der Waals surface area contributed by atoms with E-state index in [4.69, 9.17) is 27.7 Å². The van der Waals surface area contributed by atoms with Crippen molar-refractivity contribution >= 4 is 56.4 Å². The monoisotopic (exact) mass is 445 g/mol. The van der Waals surface area contributed by atoms with E-state index in [1.165, 1.54) is 11.3 Å². The van der Waals surface area contributed by atoms with E-state index in [-0.39, 0.29) is 5.56 Å². The highest BCUT2D eigenvalue weighted by Crippen LogP contribution is 2.35. The summed E-state index contributed by atoms with van der Waals surface area (Å²) < 4.78 is 6.05. The molecule has 0 aliphatic rings. The minimum absolute atomic E-state index is 0.181. The Morgan fingerprint density at radius 2 is 1.69 bits per heavy atom. The molecule has 9 heteroatoms. The third-order valence-electron chi connectivity index (χ3n) is 4.25. The Kier molecular flexibility index (Phi) is 5.27. The lowest BCUT2D eigenvalue weighted by Crippen LogP contribution is -2.41. The molecule has 0 atom stereocenters. The highest BCUT2D eigenvalue weighted by Gasteiger charge is 2.24. The molecule has 0 saturated heterocycles. The van der Waals surface area contributed by atoms with Gasteiger partial charge in [-0.1, -0.05) is 64.8 Å². The second kappa shape index (κ2) is 7.87. The Balaban J connectivity index is 1.56. The number of nitrogens with one attached hydrogen (secondary N) is 2. The summed E-state index contributed by atoms with van der Waals surface area (Å²) in [5.41, 5.74) is 5.81. The topological polar surface area (TPSA) is 84.2 Å². The summed E-state index contributed by atoms with van der Waals surface area (Å²) in [5.74, 6) is -0.797. The molecule has 2 aromatic carbocycles. The van der Waals surface area contributed by atoms with Crippen LogP contribution in [0.3, 0.4) is 0 Å². The molecule has 0 bridgehead atoms. The lowest BCUT2D eigenvalue weighted by molar-refractivity contribution is 0.0848. The first-order valence-electron chi connectivity index (χ1n) is 8.46. The number of aryl methyl sites for hydroxylation is 1. The number of benzene rings is 2. The van der Waals surface area contributed by atoms with E-state index in [2.05, 4.69) is 16.0 Å². The number of aromatic nitrogens is 1. The highest BCUT2D eigenvalue weighted by molar-refractivity contribution is 7.21. The summed E-state index contributed by atoms with van der Waals surface area (Å²) in [6.45, 7) is 1.60. The van der Waals surface area contributed by atoms with Crippen molar-refractivity contribution in [3.63, 3.8) is 0 Å². The number of amides is 2. The van der Waals surface area contributed by atoms with Crippen molar-refractivity contribution < 1.29 is 14.1 Å². The molecular formula is C20H13Cl2N3O3S. The van der Waals surface area contributed by atoms with Gasteiger partial charge in [0.05, 0.1) is 10.0 Å². The van der Waals surface area contributed by atoms with Crippen molar-refractivity contribution in [1.82, 2.24) is 16.0 Å². The average molecular weight is 446 g/mol. The van der Waals surface area contributed by atoms with Crippen molar-refractivity contribution in [1.29, 1.82) is 0 Å². The van der Waals surface area contributed by atoms with Crippen molar-refractivity contribution in [2.24, 2.45) is 0 Å². The molecule has 0 saturated carbocycles. The van der Waals surface area contributed by atoms with Gasteiger partial charge in [0.2, 0.25) is 0 Å². The predicted octanol–water partition coefficient (Wildman–Crippen LogP) is 5.25. The average Bonchev–Trinajstić information content (AvgIpc) is 3.27. The smallest absolute Gasteiger partial charge is 0.281 e. The van der Waals surface area contributed by atoms with Gasteiger partial charge in [0, 0.05) is 15.6 Å². The summed E-state index contributed by atoms with van der Waals surface area (Å²) >= 11 is 13.8. The zero-order chi connectivity index (χ0) is 20.5. The second-order valence-electron chi connectivity index (χ2n) is 6.09. The van der Waals surface area contributed by atoms with Gasteiger partial charge in [-0.3, -0.25) is 20.4 Å². The molecule has 0 aliphatic heterocycles. The van der Waals surface area contributed by atoms with Gasteiger partial charge in [0.25, 0.3) is 11.8 Å². The number of carbonyl (C=O) groups excluding carboxylic acids is 2. The predicted molar refractivity (Wildman–Crippen MR) is 113 cm³/mol. The zero-order valence-corrected chi connectivity index (χ0v) is 17.3. The SMILES string of the molecule is Cc1onc(-c2ccccc2Cl)c1C(=O)NNC(=O)c1sc2ccccc2c1Cl. The lowest BCUT2D eigenvalue weighted by atomic mass is 10.1. The quantitative estimate of drug-likeness (QED) is 0.422. The molecule has 2 amide bonds. The molecule has 0 unspecified atom stereocenters. The highest BCUT2D eigenvalue weighted by atomic mass is 35.5. The fourth-order valence-corrected chi connectivity index (χ4v) is 4.51. The van der Waals surface area contributed by atoms with E-state index >= 15 is 0 Å². The van der Waals surface area contributed by atoms with Gasteiger partial charge in [-0.2, -0.15) is 0 Å². The fourth-order valence-electron chi connectivity index (χ4n) is 2.87. The molecule has 29 heavy (non-hydrogen) atoms. The van der Waals surface area contributed by atoms with E-state index in [0.717, 1.165) is 10.1 Å². The van der Waals surface area contributed by atoms with Crippen LogP contribution in [0.1, 0.15) is 25.8 Å². The second-order valence-corrected chi connectivity index (χ2v) is 7.93. The summed E-state index contributed by atoms with van der Waals surface area (Å²) in [6.07, 6.45) is 0. The summed E-state index contributed by atoms with van der Waals surface area (Å²) in [7, 11) is 0. The van der Waals surface area contributed by atoms with Gasteiger partial charge in [-0.25, -0.2) is 0 Å². The van der Waals surface area contributed by atoms with Crippen LogP contribution in [0.25, 0.3) is 21.3 Å². The molecule has 2 N–H and O–H groups in total. The maximum absolute atomic E-state index is 12.7. The number of hydrogen-bond donors (Lipinski definition) is 2. The number of halogens is 2. The molecular weight excluding hydrogens is 433 g/mol. The number of hydrogen-bond acceptors (Lipinski definition) is 5. The van der Waals surface area contributed by atoms with Crippen LogP contribution in [0.15, 0.2) is 53.1 Å². The lowest BCUT2D eigenvalue weighted by Gasteiger charge is -2.07. The third kappa shape index (κ3) is 3.60. The van der Waals surface area contributed by atoms with Crippen LogP contribution in [-0.4, -0.2) is 17.0 Å². The van der Waals surface area contributed by atoms with Gasteiger partial charge >= 0.3 is 0 Å². The van der Waals surface area contributed by atoms with Crippen molar-refractivity contribution in [2.75, 3.05) is 0 Å². The number of fused-ring (bicyclic) bond motifs is 1. The molecule has 4 rings (SSSR count). The molecule has 6 nitrogen and oxygen atoms in total. The number of thiophene rings is 1. The molecule has 0 radical (unpaired) electrons. The van der Waals surface area contributed by atoms with Crippen LogP contribution in [0.5, 0.6) is 0 Å². The van der Waals surface area contributed by atoms with E-state index < -0.39 is 11.8 Å². The summed E-state index contributed by atoms with van der Waals surface area (Å²) in [4.78, 5) is 25.6. The first-order chi connectivity index (χ1) is 14.0. The number of hydrazine groups is 1. The Morgan fingerprint density at radius 3 is 2.45 bits per heavy atom. The minimum atomic E-state index is -0.579. The van der Waals surface area contributed by atoms with E-state index in [1.807, 2.05) is 24.3 Å². The van der Waals surface area contributed by atoms with Crippen LogP contribution in [0, 0.1) is 6.92 Å². The van der Waals surface area contributed by atoms with Crippen LogP contribution in [0.2, 0.25) is 10.0 Å². The van der Waals surface area contributed by atoms with Gasteiger partial charge < -0.3 is 4.52 Å². The molecule has 2 aromatic heterocycles. The molecule has 0 fully saturated rings. The Bertz CT molecular complexity index is 1250. The summed E-state index contributed by atoms with van der Waals surface area (Å²) in [6, 6.07) is 14.4. The first-order valence-corrected chi connectivity index (χ1v) is 10.0. The van der Waals surface area contributed by atoms with E-state index in [1.54, 1.807) is 31.2 Å². The number of carbonyl (C=O) groups is 2. The largest absolute Gasteiger partial charge is 0.360 e. The zero-order valence-electron chi connectivity index (χ0n) is 15.0. The third-order valence-corrected chi connectivity index (χ3v) is 6.25. The Hall–Kier alpha value is -2.87. The molecule has 0 spiro atoms. The molecule has 2 heterocycles. The maximum Gasteiger partial charge on any atom is 0.281 e. The fraction of sp³-hybridized carbons (Fsp3) is 0.0500. The first kappa shape index (κ1) is 19.4. The standard InChI is InChI=1S/C20H13Cl2N3O3S/c1-10-15(17(25-28-10)11-6-2-4-8-13(11)21)19(26)23-24-20(27)18-16(22)12-7-3-5-9-14(12)29-18/h2-9H,1H3,(H,23,26)(H,24,27). The Labute approximate surface area is 179 Å². The van der Waals surface area contributed by atoms with E-state index in [9.17, 15) is 9.59 Å². The summed E-state index contributed by atoms with van der Waals surface area (Å²) in [5, 5.41) is 5.50. The van der Waals surface area contributed by atoms with Crippen molar-refractivity contribution in [2.45, 2.75) is 6.92 Å². The van der Waals surface area contributed by atoms with Crippen LogP contribution >= 0.6 is 34.5 Å². The normalized spacial score (nSPS) is 10.9. The van der Waals surface area contributed by atoms with Gasteiger partial charge in [0.1, 0.15) is 21.9 Å². The van der Waals surface area contributed by atoms with E-state index in [0.29, 0.717) is 31.9 Å². The van der Waals surface area contributed by atoms with Gasteiger partial charge in [0.15, 0.2) is 0 Å². The van der Waals surface area contributed by atoms with Gasteiger partial charge in [-0.15, -0.1) is 11.3 Å². The minimum Gasteiger partial charge on any atom is -0.360 e. The van der Waals surface area contributed by atoms with Crippen LogP contribution in [-0.2, 0) is 0 Å². The Morgan fingerprint density at radius 1 is 1.00 bits per heavy atom. The maximum atomic E-state index is 12.7. The number of rotatable bonds is 3. The van der Waals surface area contributed by atoms with Crippen molar-refractivity contribution in [3.05, 3.63) is 74.8 Å². The molecule has 146 valence electrons. The van der Waals surface area contributed by atoms with Crippen LogP contribution < -0.4 is 10.9 Å². The van der Waals surface area contributed by atoms with Crippen molar-refractivity contribution in [3.8, 4) is 11.3 Å². The van der Waals surface area contributed by atoms with Crippen LogP contribution in [0.4, 0.5) is 0 Å². The molecule has 0 aliphatic carbocycles. The van der Waals surface area contributed by atoms with Gasteiger partial charge in [-0.05, 0) is 19.1 Å². The molecule has 4 aromatic rings.